The fraction of sp³-hybridized carbons (Fsp3) is 0.160. The van der Waals surface area contributed by atoms with Crippen LogP contribution in [0.4, 0.5) is 23.3 Å². The summed E-state index contributed by atoms with van der Waals surface area (Å²) in [6.45, 7) is 0. The van der Waals surface area contributed by atoms with Gasteiger partial charge in [-0.1, -0.05) is 6.07 Å². The van der Waals surface area contributed by atoms with Gasteiger partial charge in [-0.25, -0.2) is 0 Å². The van der Waals surface area contributed by atoms with Crippen LogP contribution in [0, 0.1) is 0 Å². The third kappa shape index (κ3) is 5.58. The van der Waals surface area contributed by atoms with Gasteiger partial charge in [0.1, 0.15) is 5.82 Å². The van der Waals surface area contributed by atoms with E-state index >= 15 is 0 Å². The minimum Gasteiger partial charge on any atom is -0.504 e. The molecule has 4 rings (SSSR count). The zero-order valence-corrected chi connectivity index (χ0v) is 19.8. The van der Waals surface area contributed by atoms with Crippen LogP contribution in [0.3, 0.4) is 0 Å². The summed E-state index contributed by atoms with van der Waals surface area (Å²) in [7, 11) is 4.41. The van der Waals surface area contributed by atoms with Gasteiger partial charge >= 0.3 is 0 Å². The third-order valence-electron chi connectivity index (χ3n) is 5.16. The van der Waals surface area contributed by atoms with Crippen LogP contribution in [0.1, 0.15) is 11.4 Å². The van der Waals surface area contributed by atoms with Crippen LogP contribution in [0.5, 0.6) is 34.5 Å². The molecule has 5 N–H and O–H groups in total. The molecule has 0 unspecified atom stereocenters. The summed E-state index contributed by atoms with van der Waals surface area (Å²) in [6.07, 6.45) is 0.283. The second-order valence-corrected chi connectivity index (χ2v) is 7.61. The summed E-state index contributed by atoms with van der Waals surface area (Å²) in [4.78, 5) is 13.4. The number of hydrogen-bond acceptors (Lipinski definition) is 11. The van der Waals surface area contributed by atoms with Gasteiger partial charge in [-0.05, 0) is 42.0 Å². The van der Waals surface area contributed by atoms with E-state index in [9.17, 15) is 15.3 Å². The quantitative estimate of drug-likeness (QED) is 0.230. The predicted octanol–water partition coefficient (Wildman–Crippen LogP) is 4.09. The summed E-state index contributed by atoms with van der Waals surface area (Å²) >= 11 is 0. The number of nitrogens with one attached hydrogen (secondary N) is 2. The van der Waals surface area contributed by atoms with Crippen molar-refractivity contribution < 1.29 is 29.5 Å². The summed E-state index contributed by atoms with van der Waals surface area (Å²) in [6, 6.07) is 14.6. The number of hydrogen-bond donors (Lipinski definition) is 5. The predicted molar refractivity (Wildman–Crippen MR) is 133 cm³/mol. The number of benzene rings is 3. The Morgan fingerprint density at radius 1 is 0.611 bits per heavy atom. The van der Waals surface area contributed by atoms with Gasteiger partial charge in [0, 0.05) is 29.9 Å². The first-order valence-electron chi connectivity index (χ1n) is 10.8. The molecule has 1 aromatic heterocycles. The molecule has 0 radical (unpaired) electrons. The van der Waals surface area contributed by atoms with Gasteiger partial charge < -0.3 is 40.2 Å². The van der Waals surface area contributed by atoms with Crippen LogP contribution in [-0.2, 0) is 6.42 Å². The van der Waals surface area contributed by atoms with Gasteiger partial charge in [0.2, 0.25) is 11.9 Å². The number of methoxy groups -OCH3 is 3. The van der Waals surface area contributed by atoms with Gasteiger partial charge in [0.15, 0.2) is 34.5 Å². The molecular formula is C25H25N5O6. The normalized spacial score (nSPS) is 10.5. The number of phenolic OH excluding ortho intramolecular Hbond substituents is 3. The molecule has 0 bridgehead atoms. The number of nitrogens with zero attached hydrogens (tertiary/aromatic N) is 3. The van der Waals surface area contributed by atoms with Gasteiger partial charge in [-0.15, -0.1) is 0 Å². The van der Waals surface area contributed by atoms with E-state index in [1.807, 2.05) is 0 Å². The first-order valence-corrected chi connectivity index (χ1v) is 10.8. The van der Waals surface area contributed by atoms with E-state index in [0.717, 1.165) is 5.56 Å². The molecule has 4 aromatic rings. The molecule has 3 aromatic carbocycles. The second-order valence-electron chi connectivity index (χ2n) is 7.61. The van der Waals surface area contributed by atoms with Crippen LogP contribution in [0.2, 0.25) is 0 Å². The molecule has 186 valence electrons. The van der Waals surface area contributed by atoms with Crippen molar-refractivity contribution in [3.63, 3.8) is 0 Å². The molecule has 11 nitrogen and oxygen atoms in total. The highest BCUT2D eigenvalue weighted by Crippen LogP contribution is 2.32. The van der Waals surface area contributed by atoms with Crippen molar-refractivity contribution in [3.05, 3.63) is 66.0 Å². The molecule has 0 fully saturated rings. The molecule has 36 heavy (non-hydrogen) atoms. The van der Waals surface area contributed by atoms with E-state index in [2.05, 4.69) is 25.6 Å². The van der Waals surface area contributed by atoms with Crippen molar-refractivity contribution in [2.24, 2.45) is 0 Å². The first kappa shape index (κ1) is 24.2. The first-order chi connectivity index (χ1) is 17.4. The zero-order valence-electron chi connectivity index (χ0n) is 19.8. The van der Waals surface area contributed by atoms with Crippen LogP contribution >= 0.6 is 0 Å². The maximum Gasteiger partial charge on any atom is 0.232 e. The Balaban J connectivity index is 1.67. The van der Waals surface area contributed by atoms with Crippen LogP contribution in [0.15, 0.2) is 54.6 Å². The number of ether oxygens (including phenoxy) is 3. The summed E-state index contributed by atoms with van der Waals surface area (Å²) in [5, 5.41) is 36.5. The van der Waals surface area contributed by atoms with E-state index in [0.29, 0.717) is 34.4 Å². The molecule has 0 aliphatic carbocycles. The van der Waals surface area contributed by atoms with Crippen molar-refractivity contribution in [3.8, 4) is 34.5 Å². The molecule has 0 atom stereocenters. The van der Waals surface area contributed by atoms with E-state index in [1.54, 1.807) is 42.5 Å². The average Bonchev–Trinajstić information content (AvgIpc) is 2.84. The number of rotatable bonds is 9. The standard InChI is InChI=1S/C25H25N5O6/c1-34-20-7-4-14(10-17(20)31)11-23-28-24(26-15-5-8-21(35-2)18(32)12-15)30-25(29-23)27-16-6-9-22(36-3)19(33)13-16/h4-10,12-13,31-33H,11H2,1-3H3,(H2,26,27,28,29,30). The molecule has 0 aliphatic rings. The molecule has 1 heterocycles. The smallest absolute Gasteiger partial charge is 0.232 e. The maximum atomic E-state index is 10.1. The average molecular weight is 492 g/mol. The number of anilines is 4. The molecule has 11 heteroatoms. The van der Waals surface area contributed by atoms with Crippen molar-refractivity contribution >= 4 is 23.3 Å². The Labute approximate surface area is 207 Å². The van der Waals surface area contributed by atoms with Crippen molar-refractivity contribution in [2.45, 2.75) is 6.42 Å². The molecule has 0 saturated heterocycles. The lowest BCUT2D eigenvalue weighted by molar-refractivity contribution is 0.373. The molecule has 0 saturated carbocycles. The molecule has 0 amide bonds. The van der Waals surface area contributed by atoms with Crippen LogP contribution in [0.25, 0.3) is 0 Å². The number of phenols is 3. The van der Waals surface area contributed by atoms with E-state index in [-0.39, 0.29) is 35.6 Å². The largest absolute Gasteiger partial charge is 0.504 e. The minimum absolute atomic E-state index is 0.00293. The Morgan fingerprint density at radius 3 is 1.47 bits per heavy atom. The SMILES string of the molecule is COc1ccc(Cc2nc(Nc3ccc(OC)c(O)c3)nc(Nc3ccc(OC)c(O)c3)n2)cc1O. The van der Waals surface area contributed by atoms with Crippen molar-refractivity contribution in [2.75, 3.05) is 32.0 Å². The van der Waals surface area contributed by atoms with E-state index in [4.69, 9.17) is 14.2 Å². The summed E-state index contributed by atoms with van der Waals surface area (Å²) in [5.41, 5.74) is 1.81. The summed E-state index contributed by atoms with van der Waals surface area (Å²) in [5.74, 6) is 1.76. The molecule has 0 aliphatic heterocycles. The maximum absolute atomic E-state index is 10.1. The fourth-order valence-electron chi connectivity index (χ4n) is 3.43. The van der Waals surface area contributed by atoms with Crippen LogP contribution in [-0.4, -0.2) is 51.6 Å². The van der Waals surface area contributed by atoms with Gasteiger partial charge in [0.05, 0.1) is 21.3 Å². The number of aromatic nitrogens is 3. The third-order valence-corrected chi connectivity index (χ3v) is 5.16. The number of aromatic hydroxyl groups is 3. The van der Waals surface area contributed by atoms with Gasteiger partial charge in [-0.3, -0.25) is 0 Å². The van der Waals surface area contributed by atoms with Gasteiger partial charge in [0.25, 0.3) is 0 Å². The fourth-order valence-corrected chi connectivity index (χ4v) is 3.43. The van der Waals surface area contributed by atoms with E-state index in [1.165, 1.54) is 33.5 Å². The minimum atomic E-state index is -0.0439. The highest BCUT2D eigenvalue weighted by Gasteiger charge is 2.12. The van der Waals surface area contributed by atoms with Crippen molar-refractivity contribution in [1.29, 1.82) is 0 Å². The Hall–Kier alpha value is -4.93. The topological polar surface area (TPSA) is 151 Å². The second kappa shape index (κ2) is 10.6. The highest BCUT2D eigenvalue weighted by molar-refractivity contribution is 5.62. The molecular weight excluding hydrogens is 466 g/mol. The lowest BCUT2D eigenvalue weighted by Gasteiger charge is -2.12. The highest BCUT2D eigenvalue weighted by atomic mass is 16.5. The Kier molecular flexibility index (Phi) is 7.10. The monoisotopic (exact) mass is 491 g/mol. The lowest BCUT2D eigenvalue weighted by atomic mass is 10.1. The van der Waals surface area contributed by atoms with E-state index < -0.39 is 0 Å². The van der Waals surface area contributed by atoms with Crippen molar-refractivity contribution in [1.82, 2.24) is 15.0 Å². The van der Waals surface area contributed by atoms with Gasteiger partial charge in [-0.2, -0.15) is 15.0 Å². The Bertz CT molecular complexity index is 1200. The zero-order chi connectivity index (χ0) is 25.7. The summed E-state index contributed by atoms with van der Waals surface area (Å²) < 4.78 is 15.3. The Morgan fingerprint density at radius 2 is 1.06 bits per heavy atom. The van der Waals surface area contributed by atoms with Crippen LogP contribution < -0.4 is 24.8 Å². The molecule has 0 spiro atoms. The lowest BCUT2D eigenvalue weighted by Crippen LogP contribution is -2.08.